The molecule has 1 aromatic carbocycles. The van der Waals surface area contributed by atoms with E-state index in [1.807, 2.05) is 25.1 Å². The molecule has 0 spiro atoms. The lowest BCUT2D eigenvalue weighted by Crippen LogP contribution is -2.12. The zero-order chi connectivity index (χ0) is 15.8. The maximum Gasteiger partial charge on any atom is 0.319 e. The van der Waals surface area contributed by atoms with Gasteiger partial charge < -0.3 is 9.30 Å². The fraction of sp³-hybridized carbons (Fsp3) is 0.471. The third-order valence-corrected chi connectivity index (χ3v) is 5.43. The second-order valence-electron chi connectivity index (χ2n) is 6.28. The highest BCUT2D eigenvalue weighted by Gasteiger charge is 2.36. The zero-order valence-corrected chi connectivity index (χ0v) is 13.8. The van der Waals surface area contributed by atoms with Crippen molar-refractivity contribution in [2.45, 2.75) is 55.2 Å². The Kier molecular flexibility index (Phi) is 3.85. The van der Waals surface area contributed by atoms with E-state index in [4.69, 9.17) is 4.74 Å². The second kappa shape index (κ2) is 6.00. The summed E-state index contributed by atoms with van der Waals surface area (Å²) in [5, 5.41) is 9.42. The minimum Gasteiger partial charge on any atom is -0.462 e. The molecule has 0 unspecified atom stereocenters. The number of cyclic esters (lactones) is 1. The Bertz CT molecular complexity index is 712. The van der Waals surface area contributed by atoms with Crippen LogP contribution in [0.1, 0.15) is 43.5 Å². The van der Waals surface area contributed by atoms with Gasteiger partial charge in [0.05, 0.1) is 6.54 Å². The smallest absolute Gasteiger partial charge is 0.319 e. The minimum absolute atomic E-state index is 0.00611. The lowest BCUT2D eigenvalue weighted by molar-refractivity contribution is -0.140. The number of aromatic nitrogens is 3. The van der Waals surface area contributed by atoms with Gasteiger partial charge in [0.1, 0.15) is 17.2 Å². The topological polar surface area (TPSA) is 57.0 Å². The standard InChI is InChI=1S/C17H19N3O2S/c1-11-9-14(16(21)22-11)23-17-19-18-15(13-7-8-13)20(17)10-12-5-3-2-4-6-12/h2-6,11,13-14H,7-10H2,1H3/t11-,14+/m1/s1. The summed E-state index contributed by atoms with van der Waals surface area (Å²) < 4.78 is 7.43. The third-order valence-electron chi connectivity index (χ3n) is 4.25. The van der Waals surface area contributed by atoms with Crippen LogP contribution in [0.25, 0.3) is 0 Å². The Hall–Kier alpha value is -1.82. The maximum absolute atomic E-state index is 11.9. The van der Waals surface area contributed by atoms with E-state index in [1.54, 1.807) is 0 Å². The number of ether oxygens (including phenoxy) is 1. The van der Waals surface area contributed by atoms with Gasteiger partial charge in [-0.05, 0) is 25.3 Å². The zero-order valence-electron chi connectivity index (χ0n) is 13.0. The number of hydrogen-bond acceptors (Lipinski definition) is 5. The predicted molar refractivity (Wildman–Crippen MR) is 87.4 cm³/mol. The molecule has 4 rings (SSSR count). The van der Waals surface area contributed by atoms with Gasteiger partial charge in [-0.1, -0.05) is 42.1 Å². The van der Waals surface area contributed by atoms with Gasteiger partial charge in [-0.2, -0.15) is 0 Å². The molecular formula is C17H19N3O2S. The van der Waals surface area contributed by atoms with Crippen LogP contribution >= 0.6 is 11.8 Å². The van der Waals surface area contributed by atoms with E-state index >= 15 is 0 Å². The van der Waals surface area contributed by atoms with Crippen molar-refractivity contribution in [2.24, 2.45) is 0 Å². The maximum atomic E-state index is 11.9. The van der Waals surface area contributed by atoms with Crippen molar-refractivity contribution in [1.29, 1.82) is 0 Å². The molecule has 6 heteroatoms. The van der Waals surface area contributed by atoms with Crippen LogP contribution in [0.15, 0.2) is 35.5 Å². The van der Waals surface area contributed by atoms with Gasteiger partial charge in [0.2, 0.25) is 0 Å². The van der Waals surface area contributed by atoms with Crippen molar-refractivity contribution in [3.8, 4) is 0 Å². The molecule has 5 nitrogen and oxygen atoms in total. The van der Waals surface area contributed by atoms with Gasteiger partial charge in [0, 0.05) is 12.3 Å². The van der Waals surface area contributed by atoms with Crippen LogP contribution in [-0.4, -0.2) is 32.1 Å². The summed E-state index contributed by atoms with van der Waals surface area (Å²) in [4.78, 5) is 11.9. The van der Waals surface area contributed by atoms with Crippen molar-refractivity contribution in [3.63, 3.8) is 0 Å². The fourth-order valence-corrected chi connectivity index (χ4v) is 4.04. The van der Waals surface area contributed by atoms with Crippen molar-refractivity contribution in [1.82, 2.24) is 14.8 Å². The van der Waals surface area contributed by atoms with Crippen LogP contribution in [-0.2, 0) is 16.1 Å². The molecule has 1 aliphatic carbocycles. The summed E-state index contributed by atoms with van der Waals surface area (Å²) in [6.45, 7) is 2.68. The largest absolute Gasteiger partial charge is 0.462 e. The van der Waals surface area contributed by atoms with Crippen LogP contribution in [0.4, 0.5) is 0 Å². The van der Waals surface area contributed by atoms with E-state index < -0.39 is 0 Å². The summed E-state index contributed by atoms with van der Waals surface area (Å²) in [5.74, 6) is 1.44. The normalized spacial score (nSPS) is 24.0. The number of benzene rings is 1. The Balaban J connectivity index is 1.60. The van der Waals surface area contributed by atoms with Gasteiger partial charge >= 0.3 is 5.97 Å². The predicted octanol–water partition coefficient (Wildman–Crippen LogP) is 3.00. The molecule has 0 bridgehead atoms. The highest BCUT2D eigenvalue weighted by atomic mass is 32.2. The molecule has 2 fully saturated rings. The van der Waals surface area contributed by atoms with Gasteiger partial charge in [0.25, 0.3) is 0 Å². The average Bonchev–Trinajstić information content (AvgIpc) is 3.24. The SMILES string of the molecule is C[C@@H]1C[C@H](Sc2nnc(C3CC3)n2Cc2ccccc2)C(=O)O1. The van der Waals surface area contributed by atoms with E-state index in [0.717, 1.165) is 23.9 Å². The molecule has 1 aliphatic heterocycles. The van der Waals surface area contributed by atoms with Crippen LogP contribution < -0.4 is 0 Å². The van der Waals surface area contributed by atoms with Crippen molar-refractivity contribution in [3.05, 3.63) is 41.7 Å². The van der Waals surface area contributed by atoms with E-state index in [0.29, 0.717) is 5.92 Å². The molecule has 0 radical (unpaired) electrons. The molecule has 2 heterocycles. The van der Waals surface area contributed by atoms with Crippen LogP contribution in [0.3, 0.4) is 0 Å². The lowest BCUT2D eigenvalue weighted by Gasteiger charge is -2.11. The number of carbonyl (C=O) groups is 1. The molecule has 1 aromatic heterocycles. The third kappa shape index (κ3) is 3.13. The molecule has 1 saturated carbocycles. The highest BCUT2D eigenvalue weighted by Crippen LogP contribution is 2.41. The molecule has 2 aliphatic rings. The number of rotatable bonds is 5. The number of carbonyl (C=O) groups excluding carboxylic acids is 1. The molecule has 0 amide bonds. The molecule has 23 heavy (non-hydrogen) atoms. The first-order valence-corrected chi connectivity index (χ1v) is 8.93. The van der Waals surface area contributed by atoms with Crippen LogP contribution in [0.5, 0.6) is 0 Å². The van der Waals surface area contributed by atoms with Crippen LogP contribution in [0, 0.1) is 0 Å². The summed E-state index contributed by atoms with van der Waals surface area (Å²) in [7, 11) is 0. The number of nitrogens with zero attached hydrogens (tertiary/aromatic N) is 3. The second-order valence-corrected chi connectivity index (χ2v) is 7.45. The van der Waals surface area contributed by atoms with E-state index in [1.165, 1.54) is 30.2 Å². The summed E-state index contributed by atoms with van der Waals surface area (Å²) >= 11 is 1.49. The average molecular weight is 329 g/mol. The molecule has 2 aromatic rings. The van der Waals surface area contributed by atoms with E-state index in [2.05, 4.69) is 26.9 Å². The molecule has 1 saturated heterocycles. The quantitative estimate of drug-likeness (QED) is 0.789. The van der Waals surface area contributed by atoms with Crippen molar-refractivity contribution < 1.29 is 9.53 Å². The minimum atomic E-state index is -0.171. The van der Waals surface area contributed by atoms with Gasteiger partial charge in [-0.15, -0.1) is 10.2 Å². The Morgan fingerprint density at radius 1 is 1.26 bits per heavy atom. The summed E-state index contributed by atoms with van der Waals surface area (Å²) in [6.07, 6.45) is 3.09. The number of esters is 1. The monoisotopic (exact) mass is 329 g/mol. The molecule has 120 valence electrons. The van der Waals surface area contributed by atoms with Gasteiger partial charge in [0.15, 0.2) is 5.16 Å². The number of hydrogen-bond donors (Lipinski definition) is 0. The Labute approximate surface area is 139 Å². The van der Waals surface area contributed by atoms with Crippen LogP contribution in [0.2, 0.25) is 0 Å². The Morgan fingerprint density at radius 2 is 2.04 bits per heavy atom. The van der Waals surface area contributed by atoms with Gasteiger partial charge in [-0.25, -0.2) is 0 Å². The Morgan fingerprint density at radius 3 is 2.70 bits per heavy atom. The number of thioether (sulfide) groups is 1. The summed E-state index contributed by atoms with van der Waals surface area (Å²) in [6, 6.07) is 10.3. The van der Waals surface area contributed by atoms with E-state index in [-0.39, 0.29) is 17.3 Å². The first-order chi connectivity index (χ1) is 11.2. The molecule has 2 atom stereocenters. The molecular weight excluding hydrogens is 310 g/mol. The first kappa shape index (κ1) is 14.8. The van der Waals surface area contributed by atoms with Crippen molar-refractivity contribution in [2.75, 3.05) is 0 Å². The first-order valence-electron chi connectivity index (χ1n) is 8.05. The highest BCUT2D eigenvalue weighted by molar-refractivity contribution is 8.00. The van der Waals surface area contributed by atoms with Crippen molar-refractivity contribution >= 4 is 17.7 Å². The lowest BCUT2D eigenvalue weighted by atomic mass is 10.2. The molecule has 0 N–H and O–H groups in total. The van der Waals surface area contributed by atoms with Gasteiger partial charge in [-0.3, -0.25) is 4.79 Å². The summed E-state index contributed by atoms with van der Waals surface area (Å²) in [5.41, 5.74) is 1.22. The fourth-order valence-electron chi connectivity index (χ4n) is 2.89. The van der Waals surface area contributed by atoms with E-state index in [9.17, 15) is 4.79 Å².